The van der Waals surface area contributed by atoms with Crippen LogP contribution in [0.15, 0.2) is 85.1 Å². The minimum atomic E-state index is -0.792. The maximum Gasteiger partial charge on any atom is 0.306 e. The normalized spacial score (nSPS) is 13.0. The SMILES string of the molecule is CC/C=C\C/C=C\C/C=C\C/C=C\C/C=C\C/C=C\C/C=C\CCCCCC(=O)OC(CO)COC(=O)CCCCCCCCCCCCCCCC. The number of unbranched alkanes of at least 4 members (excludes halogenated alkanes) is 16. The lowest BCUT2D eigenvalue weighted by molar-refractivity contribution is -0.161. The molecule has 0 saturated carbocycles. The van der Waals surface area contributed by atoms with Crippen LogP contribution >= 0.6 is 0 Å². The summed E-state index contributed by atoms with van der Waals surface area (Å²) in [5, 5.41) is 9.57. The van der Waals surface area contributed by atoms with Crippen molar-refractivity contribution in [2.75, 3.05) is 13.2 Å². The predicted octanol–water partition coefficient (Wildman–Crippen LogP) is 13.9. The molecular formula is C48H80O5. The number of aliphatic hydroxyl groups is 1. The van der Waals surface area contributed by atoms with E-state index >= 15 is 0 Å². The van der Waals surface area contributed by atoms with Crippen LogP contribution in [-0.4, -0.2) is 36.4 Å². The van der Waals surface area contributed by atoms with Crippen LogP contribution < -0.4 is 0 Å². The quantitative estimate of drug-likeness (QED) is 0.0388. The maximum atomic E-state index is 12.2. The van der Waals surface area contributed by atoms with Gasteiger partial charge in [-0.05, 0) is 70.6 Å². The molecule has 0 aliphatic heterocycles. The summed E-state index contributed by atoms with van der Waals surface area (Å²) in [7, 11) is 0. The highest BCUT2D eigenvalue weighted by Crippen LogP contribution is 2.14. The van der Waals surface area contributed by atoms with Crippen molar-refractivity contribution >= 4 is 11.9 Å². The highest BCUT2D eigenvalue weighted by atomic mass is 16.6. The smallest absolute Gasteiger partial charge is 0.306 e. The standard InChI is InChI=1S/C48H80O5/c1-3-5-7-9-11-13-15-17-19-20-21-22-23-24-25-26-27-28-29-31-33-35-37-39-41-43-48(51)53-46(44-49)45-52-47(50)42-40-38-36-34-32-30-18-16-14-12-10-8-6-4-2/h5,7,11,13,17,19,21-22,24-25,27-28,31,33,46,49H,3-4,6,8-10,12,14-16,18,20,23,26,29-30,32,34-45H2,1-2H3/b7-5-,13-11-,19-17-,22-21-,25-24-,28-27-,33-31-. The van der Waals surface area contributed by atoms with E-state index in [4.69, 9.17) is 9.47 Å². The zero-order valence-corrected chi connectivity index (χ0v) is 34.2. The van der Waals surface area contributed by atoms with E-state index in [1.54, 1.807) is 0 Å². The van der Waals surface area contributed by atoms with Crippen LogP contribution in [0.5, 0.6) is 0 Å². The number of carbonyl (C=O) groups excluding carboxylic acids is 2. The van der Waals surface area contributed by atoms with Crippen molar-refractivity contribution in [3.63, 3.8) is 0 Å². The molecule has 0 fully saturated rings. The summed E-state index contributed by atoms with van der Waals surface area (Å²) in [5.41, 5.74) is 0. The fraction of sp³-hybridized carbons (Fsp3) is 0.667. The Bertz CT molecular complexity index is 1010. The van der Waals surface area contributed by atoms with Crippen molar-refractivity contribution in [3.05, 3.63) is 85.1 Å². The number of esters is 2. The molecule has 0 aromatic carbocycles. The Labute approximate surface area is 326 Å². The van der Waals surface area contributed by atoms with E-state index in [-0.39, 0.29) is 25.2 Å². The molecule has 0 aliphatic carbocycles. The average Bonchev–Trinajstić information content (AvgIpc) is 3.16. The Balaban J connectivity index is 3.67. The Kier molecular flexibility index (Phi) is 41.1. The van der Waals surface area contributed by atoms with Gasteiger partial charge >= 0.3 is 11.9 Å². The van der Waals surface area contributed by atoms with E-state index in [1.165, 1.54) is 70.6 Å². The summed E-state index contributed by atoms with van der Waals surface area (Å²) in [4.78, 5) is 24.3. The van der Waals surface area contributed by atoms with Crippen LogP contribution in [0.25, 0.3) is 0 Å². The lowest BCUT2D eigenvalue weighted by Gasteiger charge is -2.15. The molecule has 1 unspecified atom stereocenters. The summed E-state index contributed by atoms with van der Waals surface area (Å²) >= 11 is 0. The van der Waals surface area contributed by atoms with Crippen LogP contribution in [-0.2, 0) is 19.1 Å². The van der Waals surface area contributed by atoms with Gasteiger partial charge in [-0.15, -0.1) is 0 Å². The molecule has 0 rings (SSSR count). The minimum Gasteiger partial charge on any atom is -0.462 e. The topological polar surface area (TPSA) is 72.8 Å². The first-order valence-electron chi connectivity index (χ1n) is 21.6. The zero-order chi connectivity index (χ0) is 38.6. The van der Waals surface area contributed by atoms with E-state index in [2.05, 4.69) is 98.9 Å². The molecule has 1 N–H and O–H groups in total. The fourth-order valence-corrected chi connectivity index (χ4v) is 5.71. The van der Waals surface area contributed by atoms with Gasteiger partial charge in [0.15, 0.2) is 6.10 Å². The number of aliphatic hydroxyl groups excluding tert-OH is 1. The van der Waals surface area contributed by atoms with Gasteiger partial charge in [0, 0.05) is 12.8 Å². The number of carbonyl (C=O) groups is 2. The van der Waals surface area contributed by atoms with Gasteiger partial charge in [0.1, 0.15) is 6.61 Å². The maximum absolute atomic E-state index is 12.2. The third-order valence-electron chi connectivity index (χ3n) is 8.95. The fourth-order valence-electron chi connectivity index (χ4n) is 5.71. The Morgan fingerprint density at radius 2 is 0.811 bits per heavy atom. The molecule has 0 heterocycles. The van der Waals surface area contributed by atoms with Gasteiger partial charge in [-0.2, -0.15) is 0 Å². The van der Waals surface area contributed by atoms with E-state index in [0.717, 1.165) is 89.9 Å². The van der Waals surface area contributed by atoms with E-state index < -0.39 is 6.10 Å². The van der Waals surface area contributed by atoms with E-state index in [1.807, 2.05) is 0 Å². The summed E-state index contributed by atoms with van der Waals surface area (Å²) in [6.45, 7) is 3.99. The lowest BCUT2D eigenvalue weighted by Crippen LogP contribution is -2.28. The molecule has 0 radical (unpaired) electrons. The van der Waals surface area contributed by atoms with Gasteiger partial charge in [0.05, 0.1) is 6.61 Å². The molecule has 5 heteroatoms. The second kappa shape index (κ2) is 43.5. The van der Waals surface area contributed by atoms with Crippen molar-refractivity contribution in [2.24, 2.45) is 0 Å². The molecule has 0 aliphatic rings. The van der Waals surface area contributed by atoms with Gasteiger partial charge in [-0.25, -0.2) is 0 Å². The van der Waals surface area contributed by atoms with Gasteiger partial charge in [0.2, 0.25) is 0 Å². The van der Waals surface area contributed by atoms with Gasteiger partial charge in [-0.3, -0.25) is 9.59 Å². The van der Waals surface area contributed by atoms with Crippen molar-refractivity contribution < 1.29 is 24.2 Å². The molecular weight excluding hydrogens is 657 g/mol. The Hall–Kier alpha value is -2.92. The first-order valence-corrected chi connectivity index (χ1v) is 21.6. The number of ether oxygens (including phenoxy) is 2. The summed E-state index contributed by atoms with van der Waals surface area (Å²) in [5.74, 6) is -0.632. The number of rotatable bonds is 38. The predicted molar refractivity (Wildman–Crippen MR) is 228 cm³/mol. The number of hydrogen-bond donors (Lipinski definition) is 1. The first-order chi connectivity index (χ1) is 26.1. The van der Waals surface area contributed by atoms with E-state index in [0.29, 0.717) is 12.8 Å². The molecule has 5 nitrogen and oxygen atoms in total. The van der Waals surface area contributed by atoms with Gasteiger partial charge in [0.25, 0.3) is 0 Å². The Morgan fingerprint density at radius 3 is 1.23 bits per heavy atom. The lowest BCUT2D eigenvalue weighted by atomic mass is 10.0. The van der Waals surface area contributed by atoms with Gasteiger partial charge in [-0.1, -0.05) is 189 Å². The van der Waals surface area contributed by atoms with Crippen LogP contribution in [0.2, 0.25) is 0 Å². The van der Waals surface area contributed by atoms with Crippen molar-refractivity contribution in [1.29, 1.82) is 0 Å². The number of allylic oxidation sites excluding steroid dienone is 14. The summed E-state index contributed by atoms with van der Waals surface area (Å²) in [6.07, 6.45) is 59.3. The number of hydrogen-bond acceptors (Lipinski definition) is 5. The van der Waals surface area contributed by atoms with Crippen molar-refractivity contribution in [2.45, 2.75) is 193 Å². The molecule has 1 atom stereocenters. The monoisotopic (exact) mass is 737 g/mol. The van der Waals surface area contributed by atoms with Crippen LogP contribution in [0.1, 0.15) is 187 Å². The molecule has 0 spiro atoms. The minimum absolute atomic E-state index is 0.0821. The second-order valence-corrected chi connectivity index (χ2v) is 14.0. The van der Waals surface area contributed by atoms with Crippen molar-refractivity contribution in [1.82, 2.24) is 0 Å². The molecule has 0 bridgehead atoms. The van der Waals surface area contributed by atoms with Crippen LogP contribution in [0.4, 0.5) is 0 Å². The van der Waals surface area contributed by atoms with Crippen molar-refractivity contribution in [3.8, 4) is 0 Å². The average molecular weight is 737 g/mol. The molecule has 0 saturated heterocycles. The van der Waals surface area contributed by atoms with Crippen LogP contribution in [0.3, 0.4) is 0 Å². The highest BCUT2D eigenvalue weighted by molar-refractivity contribution is 5.70. The van der Waals surface area contributed by atoms with Gasteiger partial charge < -0.3 is 14.6 Å². The molecule has 0 aromatic rings. The van der Waals surface area contributed by atoms with Crippen LogP contribution in [0, 0.1) is 0 Å². The zero-order valence-electron chi connectivity index (χ0n) is 34.2. The third kappa shape index (κ3) is 41.7. The molecule has 53 heavy (non-hydrogen) atoms. The van der Waals surface area contributed by atoms with E-state index in [9.17, 15) is 14.7 Å². The largest absolute Gasteiger partial charge is 0.462 e. The molecule has 0 amide bonds. The first kappa shape index (κ1) is 50.1. The summed E-state index contributed by atoms with van der Waals surface area (Å²) in [6, 6.07) is 0. The summed E-state index contributed by atoms with van der Waals surface area (Å²) < 4.78 is 10.6. The third-order valence-corrected chi connectivity index (χ3v) is 8.95. The molecule has 302 valence electrons. The molecule has 0 aromatic heterocycles. The Morgan fingerprint density at radius 1 is 0.453 bits per heavy atom. The highest BCUT2D eigenvalue weighted by Gasteiger charge is 2.16. The second-order valence-electron chi connectivity index (χ2n) is 14.0.